The minimum absolute atomic E-state index is 0.628. The molecule has 16 heavy (non-hydrogen) atoms. The van der Waals surface area contributed by atoms with E-state index in [4.69, 9.17) is 4.52 Å². The second-order valence-corrected chi connectivity index (χ2v) is 4.56. The molecular formula is C12H21N3O. The van der Waals surface area contributed by atoms with Crippen molar-refractivity contribution in [1.29, 1.82) is 0 Å². The van der Waals surface area contributed by atoms with Crippen molar-refractivity contribution in [3.63, 3.8) is 0 Å². The summed E-state index contributed by atoms with van der Waals surface area (Å²) in [6, 6.07) is 0.628. The van der Waals surface area contributed by atoms with Gasteiger partial charge in [-0.25, -0.2) is 0 Å². The summed E-state index contributed by atoms with van der Waals surface area (Å²) in [7, 11) is 0. The average Bonchev–Trinajstić information content (AvgIpc) is 2.51. The second kappa shape index (κ2) is 5.46. The molecule has 0 aromatic carbocycles. The molecule has 90 valence electrons. The molecule has 2 rings (SSSR count). The Balaban J connectivity index is 1.86. The summed E-state index contributed by atoms with van der Waals surface area (Å²) in [5.74, 6) is 0.941. The van der Waals surface area contributed by atoms with Crippen LogP contribution in [0.4, 0.5) is 0 Å². The molecule has 1 atom stereocenters. The van der Waals surface area contributed by atoms with Gasteiger partial charge in [0, 0.05) is 18.2 Å². The maximum absolute atomic E-state index is 5.16. The van der Waals surface area contributed by atoms with Gasteiger partial charge in [0.15, 0.2) is 0 Å². The fourth-order valence-electron chi connectivity index (χ4n) is 2.22. The Labute approximate surface area is 96.8 Å². The molecule has 2 N–H and O–H groups in total. The fourth-order valence-corrected chi connectivity index (χ4v) is 2.22. The van der Waals surface area contributed by atoms with Crippen LogP contribution in [0.2, 0.25) is 0 Å². The summed E-state index contributed by atoms with van der Waals surface area (Å²) in [5.41, 5.74) is 2.23. The maximum atomic E-state index is 5.16. The summed E-state index contributed by atoms with van der Waals surface area (Å²) in [6.45, 7) is 7.14. The Morgan fingerprint density at radius 3 is 3.00 bits per heavy atom. The molecule has 1 aromatic heterocycles. The summed E-state index contributed by atoms with van der Waals surface area (Å²) in [6.07, 6.45) is 3.74. The van der Waals surface area contributed by atoms with Gasteiger partial charge in [0.05, 0.1) is 5.69 Å². The smallest absolute Gasteiger partial charge is 0.138 e. The zero-order valence-corrected chi connectivity index (χ0v) is 10.2. The van der Waals surface area contributed by atoms with Gasteiger partial charge >= 0.3 is 0 Å². The van der Waals surface area contributed by atoms with Crippen molar-refractivity contribution in [2.24, 2.45) is 0 Å². The quantitative estimate of drug-likeness (QED) is 0.816. The van der Waals surface area contributed by atoms with Crippen molar-refractivity contribution in [2.45, 2.75) is 45.7 Å². The van der Waals surface area contributed by atoms with E-state index >= 15 is 0 Å². The number of aromatic nitrogens is 1. The van der Waals surface area contributed by atoms with Gasteiger partial charge in [0.2, 0.25) is 0 Å². The highest BCUT2D eigenvalue weighted by molar-refractivity contribution is 5.20. The number of nitrogens with zero attached hydrogens (tertiary/aromatic N) is 1. The lowest BCUT2D eigenvalue weighted by Gasteiger charge is -2.15. The molecule has 1 saturated heterocycles. The van der Waals surface area contributed by atoms with Gasteiger partial charge in [0.1, 0.15) is 5.76 Å². The topological polar surface area (TPSA) is 50.1 Å². The van der Waals surface area contributed by atoms with Gasteiger partial charge in [-0.3, -0.25) is 0 Å². The van der Waals surface area contributed by atoms with E-state index in [1.165, 1.54) is 24.8 Å². The van der Waals surface area contributed by atoms with Gasteiger partial charge in [-0.2, -0.15) is 0 Å². The molecule has 0 amide bonds. The molecule has 0 aliphatic carbocycles. The first-order chi connectivity index (χ1) is 7.77. The highest BCUT2D eigenvalue weighted by atomic mass is 16.5. The molecule has 1 aliphatic rings. The van der Waals surface area contributed by atoms with Crippen molar-refractivity contribution < 1.29 is 4.52 Å². The summed E-state index contributed by atoms with van der Waals surface area (Å²) in [5, 5.41) is 11.0. The van der Waals surface area contributed by atoms with E-state index in [0.717, 1.165) is 31.1 Å². The van der Waals surface area contributed by atoms with E-state index in [0.29, 0.717) is 6.04 Å². The first kappa shape index (κ1) is 11.6. The van der Waals surface area contributed by atoms with Crippen molar-refractivity contribution in [3.05, 3.63) is 17.0 Å². The minimum Gasteiger partial charge on any atom is -0.361 e. The molecule has 0 radical (unpaired) electrons. The lowest BCUT2D eigenvalue weighted by molar-refractivity contribution is 0.391. The van der Waals surface area contributed by atoms with Crippen LogP contribution in [0.5, 0.6) is 0 Å². The van der Waals surface area contributed by atoms with Crippen LogP contribution < -0.4 is 10.6 Å². The molecule has 4 heteroatoms. The Bertz CT molecular complexity index is 308. The van der Waals surface area contributed by atoms with E-state index in [9.17, 15) is 0 Å². The van der Waals surface area contributed by atoms with Crippen LogP contribution in [0.3, 0.4) is 0 Å². The first-order valence-electron chi connectivity index (χ1n) is 6.13. The molecule has 0 spiro atoms. The molecule has 0 bridgehead atoms. The lowest BCUT2D eigenvalue weighted by Crippen LogP contribution is -2.29. The minimum atomic E-state index is 0.628. The second-order valence-electron chi connectivity index (χ2n) is 4.56. The van der Waals surface area contributed by atoms with Crippen LogP contribution in [0, 0.1) is 13.8 Å². The average molecular weight is 223 g/mol. The first-order valence-corrected chi connectivity index (χ1v) is 6.13. The van der Waals surface area contributed by atoms with Crippen LogP contribution in [-0.4, -0.2) is 24.3 Å². The van der Waals surface area contributed by atoms with Crippen molar-refractivity contribution in [2.75, 3.05) is 13.1 Å². The van der Waals surface area contributed by atoms with Crippen LogP contribution in [0.1, 0.15) is 36.3 Å². The van der Waals surface area contributed by atoms with Crippen molar-refractivity contribution in [1.82, 2.24) is 15.8 Å². The zero-order valence-electron chi connectivity index (χ0n) is 10.2. The SMILES string of the molecule is Cc1noc(C)c1CNC1CCCNCC1. The number of hydrogen-bond donors (Lipinski definition) is 2. The lowest BCUT2D eigenvalue weighted by atomic mass is 10.1. The molecule has 1 aromatic rings. The molecule has 1 unspecified atom stereocenters. The van der Waals surface area contributed by atoms with E-state index in [-0.39, 0.29) is 0 Å². The van der Waals surface area contributed by atoms with Gasteiger partial charge in [-0.1, -0.05) is 5.16 Å². The Morgan fingerprint density at radius 2 is 2.25 bits per heavy atom. The Kier molecular flexibility index (Phi) is 3.96. The Hall–Kier alpha value is -0.870. The van der Waals surface area contributed by atoms with Crippen molar-refractivity contribution >= 4 is 0 Å². The third kappa shape index (κ3) is 2.83. The van der Waals surface area contributed by atoms with Crippen LogP contribution in [0.25, 0.3) is 0 Å². The summed E-state index contributed by atoms with van der Waals surface area (Å²) < 4.78 is 5.16. The maximum Gasteiger partial charge on any atom is 0.138 e. The predicted molar refractivity (Wildman–Crippen MR) is 63.3 cm³/mol. The predicted octanol–water partition coefficient (Wildman–Crippen LogP) is 1.52. The summed E-state index contributed by atoms with van der Waals surface area (Å²) in [4.78, 5) is 0. The molecule has 0 saturated carbocycles. The largest absolute Gasteiger partial charge is 0.361 e. The van der Waals surface area contributed by atoms with Crippen LogP contribution >= 0.6 is 0 Å². The Morgan fingerprint density at radius 1 is 1.38 bits per heavy atom. The third-order valence-electron chi connectivity index (χ3n) is 3.32. The van der Waals surface area contributed by atoms with Crippen molar-refractivity contribution in [3.8, 4) is 0 Å². The van der Waals surface area contributed by atoms with Crippen LogP contribution in [0.15, 0.2) is 4.52 Å². The van der Waals surface area contributed by atoms with E-state index in [1.54, 1.807) is 0 Å². The van der Waals surface area contributed by atoms with E-state index in [1.807, 2.05) is 13.8 Å². The highest BCUT2D eigenvalue weighted by Gasteiger charge is 2.14. The van der Waals surface area contributed by atoms with Gasteiger partial charge in [-0.05, 0) is 46.2 Å². The molecular weight excluding hydrogens is 202 g/mol. The third-order valence-corrected chi connectivity index (χ3v) is 3.32. The number of hydrogen-bond acceptors (Lipinski definition) is 4. The summed E-state index contributed by atoms with van der Waals surface area (Å²) >= 11 is 0. The van der Waals surface area contributed by atoms with Gasteiger partial charge in [0.25, 0.3) is 0 Å². The number of rotatable bonds is 3. The van der Waals surface area contributed by atoms with Crippen LogP contribution in [-0.2, 0) is 6.54 Å². The monoisotopic (exact) mass is 223 g/mol. The normalized spacial score (nSPS) is 22.0. The van der Waals surface area contributed by atoms with Gasteiger partial charge < -0.3 is 15.2 Å². The molecule has 4 nitrogen and oxygen atoms in total. The highest BCUT2D eigenvalue weighted by Crippen LogP contribution is 2.13. The number of aryl methyl sites for hydroxylation is 2. The molecule has 2 heterocycles. The standard InChI is InChI=1S/C12H21N3O/c1-9-12(10(2)16-15-9)8-14-11-4-3-6-13-7-5-11/h11,13-14H,3-8H2,1-2H3. The number of nitrogens with one attached hydrogen (secondary N) is 2. The van der Waals surface area contributed by atoms with Gasteiger partial charge in [-0.15, -0.1) is 0 Å². The van der Waals surface area contributed by atoms with E-state index in [2.05, 4.69) is 15.8 Å². The van der Waals surface area contributed by atoms with E-state index < -0.39 is 0 Å². The zero-order chi connectivity index (χ0) is 11.4. The molecule has 1 fully saturated rings. The fraction of sp³-hybridized carbons (Fsp3) is 0.750. The molecule has 1 aliphatic heterocycles.